The first-order valence-corrected chi connectivity index (χ1v) is 11.4. The lowest BCUT2D eigenvalue weighted by molar-refractivity contribution is 0.0523. The van der Waals surface area contributed by atoms with Gasteiger partial charge in [0.2, 0.25) is 5.95 Å². The molecule has 0 unspecified atom stereocenters. The van der Waals surface area contributed by atoms with Gasteiger partial charge >= 0.3 is 5.97 Å². The van der Waals surface area contributed by atoms with Crippen LogP contribution in [0.4, 0.5) is 11.6 Å². The minimum atomic E-state index is -0.361. The van der Waals surface area contributed by atoms with Crippen molar-refractivity contribution in [1.82, 2.24) is 14.9 Å². The van der Waals surface area contributed by atoms with Crippen molar-refractivity contribution < 1.29 is 14.3 Å². The zero-order chi connectivity index (χ0) is 22.9. The molecular weight excluding hydrogens is 406 g/mol. The average molecular weight is 442 g/mol. The van der Waals surface area contributed by atoms with Crippen LogP contribution in [0.15, 0.2) is 24.3 Å². The SMILES string of the molecule is CCOC(=O)c1c(C)nc(NCCCCN2CCN(c3ccccc3OC)CC2)nc1C. The van der Waals surface area contributed by atoms with Crippen LogP contribution in [0.2, 0.25) is 0 Å². The van der Waals surface area contributed by atoms with Gasteiger partial charge in [-0.2, -0.15) is 0 Å². The summed E-state index contributed by atoms with van der Waals surface area (Å²) in [5.74, 6) is 1.15. The summed E-state index contributed by atoms with van der Waals surface area (Å²) in [5.41, 5.74) is 2.93. The van der Waals surface area contributed by atoms with Crippen molar-refractivity contribution in [2.24, 2.45) is 0 Å². The van der Waals surface area contributed by atoms with Gasteiger partial charge in [-0.3, -0.25) is 4.90 Å². The van der Waals surface area contributed by atoms with Crippen molar-refractivity contribution in [2.45, 2.75) is 33.6 Å². The summed E-state index contributed by atoms with van der Waals surface area (Å²) in [7, 11) is 1.73. The van der Waals surface area contributed by atoms with Crippen molar-refractivity contribution in [3.63, 3.8) is 0 Å². The molecule has 1 aliphatic heterocycles. The van der Waals surface area contributed by atoms with Gasteiger partial charge in [-0.15, -0.1) is 0 Å². The van der Waals surface area contributed by atoms with E-state index in [0.29, 0.717) is 29.5 Å². The van der Waals surface area contributed by atoms with E-state index in [0.717, 1.165) is 57.9 Å². The van der Waals surface area contributed by atoms with Gasteiger partial charge in [0.1, 0.15) is 11.3 Å². The number of aryl methyl sites for hydroxylation is 2. The Bertz CT molecular complexity index is 874. The number of rotatable bonds is 10. The zero-order valence-electron chi connectivity index (χ0n) is 19.7. The average Bonchev–Trinajstić information content (AvgIpc) is 2.79. The van der Waals surface area contributed by atoms with Gasteiger partial charge in [-0.1, -0.05) is 12.1 Å². The van der Waals surface area contributed by atoms with Crippen LogP contribution in [0, 0.1) is 13.8 Å². The van der Waals surface area contributed by atoms with Crippen LogP contribution in [0.1, 0.15) is 41.5 Å². The van der Waals surface area contributed by atoms with E-state index in [1.165, 1.54) is 5.69 Å². The Labute approximate surface area is 190 Å². The minimum absolute atomic E-state index is 0.340. The number of hydrogen-bond donors (Lipinski definition) is 1. The van der Waals surface area contributed by atoms with Crippen LogP contribution in [-0.4, -0.2) is 73.8 Å². The molecule has 0 radical (unpaired) electrons. The van der Waals surface area contributed by atoms with E-state index in [-0.39, 0.29) is 5.97 Å². The number of carbonyl (C=O) groups is 1. The minimum Gasteiger partial charge on any atom is -0.495 e. The van der Waals surface area contributed by atoms with Crippen LogP contribution < -0.4 is 15.0 Å². The lowest BCUT2D eigenvalue weighted by Gasteiger charge is -2.36. The molecule has 8 heteroatoms. The standard InChI is InChI=1S/C24H35N5O3/c1-5-32-23(30)22-18(2)26-24(27-19(22)3)25-12-8-9-13-28-14-16-29(17-15-28)20-10-6-7-11-21(20)31-4/h6-7,10-11H,5,8-9,12-17H2,1-4H3,(H,25,26,27). The molecular formula is C24H35N5O3. The molecule has 8 nitrogen and oxygen atoms in total. The summed E-state index contributed by atoms with van der Waals surface area (Å²) in [6.45, 7) is 11.8. The first kappa shape index (κ1) is 23.8. The van der Waals surface area contributed by atoms with Crippen molar-refractivity contribution in [2.75, 3.05) is 63.2 Å². The molecule has 3 rings (SSSR count). The normalized spacial score (nSPS) is 14.3. The molecule has 0 atom stereocenters. The van der Waals surface area contributed by atoms with E-state index in [4.69, 9.17) is 9.47 Å². The van der Waals surface area contributed by atoms with E-state index in [2.05, 4.69) is 37.2 Å². The molecule has 0 bridgehead atoms. The molecule has 2 heterocycles. The van der Waals surface area contributed by atoms with Gasteiger partial charge < -0.3 is 19.7 Å². The Morgan fingerprint density at radius 1 is 1.06 bits per heavy atom. The van der Waals surface area contributed by atoms with Crippen molar-refractivity contribution in [3.05, 3.63) is 41.2 Å². The molecule has 174 valence electrons. The highest BCUT2D eigenvalue weighted by Gasteiger charge is 2.19. The molecule has 0 aliphatic carbocycles. The predicted octanol–water partition coefficient (Wildman–Crippen LogP) is 3.29. The fourth-order valence-electron chi connectivity index (χ4n) is 4.06. The van der Waals surface area contributed by atoms with Gasteiger partial charge in [-0.25, -0.2) is 14.8 Å². The van der Waals surface area contributed by atoms with Gasteiger partial charge in [-0.05, 0) is 52.3 Å². The lowest BCUT2D eigenvalue weighted by Crippen LogP contribution is -2.46. The molecule has 1 aromatic heterocycles. The number of ether oxygens (including phenoxy) is 2. The summed E-state index contributed by atoms with van der Waals surface area (Å²) in [4.78, 5) is 25.8. The molecule has 1 saturated heterocycles. The lowest BCUT2D eigenvalue weighted by atomic mass is 10.2. The molecule has 0 amide bonds. The highest BCUT2D eigenvalue weighted by atomic mass is 16.5. The largest absolute Gasteiger partial charge is 0.495 e. The van der Waals surface area contributed by atoms with E-state index in [1.54, 1.807) is 14.0 Å². The number of anilines is 2. The number of hydrogen-bond acceptors (Lipinski definition) is 8. The molecule has 1 fully saturated rings. The van der Waals surface area contributed by atoms with Crippen LogP contribution in [0.5, 0.6) is 5.75 Å². The maximum absolute atomic E-state index is 12.0. The van der Waals surface area contributed by atoms with Crippen molar-refractivity contribution >= 4 is 17.6 Å². The van der Waals surface area contributed by atoms with Gasteiger partial charge in [0, 0.05) is 32.7 Å². The van der Waals surface area contributed by atoms with Gasteiger partial charge in [0.25, 0.3) is 0 Å². The second kappa shape index (κ2) is 11.7. The van der Waals surface area contributed by atoms with E-state index < -0.39 is 0 Å². The first-order valence-electron chi connectivity index (χ1n) is 11.4. The first-order chi connectivity index (χ1) is 15.5. The van der Waals surface area contributed by atoms with Gasteiger partial charge in [0.15, 0.2) is 0 Å². The molecule has 0 saturated carbocycles. The second-order valence-electron chi connectivity index (χ2n) is 7.95. The third-order valence-electron chi connectivity index (χ3n) is 5.73. The summed E-state index contributed by atoms with van der Waals surface area (Å²) >= 11 is 0. The number of methoxy groups -OCH3 is 1. The molecule has 2 aromatic rings. The maximum atomic E-state index is 12.0. The number of nitrogens with zero attached hydrogens (tertiary/aromatic N) is 4. The van der Waals surface area contributed by atoms with Crippen LogP contribution in [0.25, 0.3) is 0 Å². The van der Waals surface area contributed by atoms with Crippen molar-refractivity contribution in [1.29, 1.82) is 0 Å². The molecule has 32 heavy (non-hydrogen) atoms. The van der Waals surface area contributed by atoms with Crippen LogP contribution >= 0.6 is 0 Å². The predicted molar refractivity (Wildman–Crippen MR) is 127 cm³/mol. The summed E-state index contributed by atoms with van der Waals surface area (Å²) < 4.78 is 10.6. The third-order valence-corrected chi connectivity index (χ3v) is 5.73. The number of aromatic nitrogens is 2. The Kier molecular flexibility index (Phi) is 8.67. The maximum Gasteiger partial charge on any atom is 0.341 e. The molecule has 1 aromatic carbocycles. The van der Waals surface area contributed by atoms with E-state index >= 15 is 0 Å². The summed E-state index contributed by atoms with van der Waals surface area (Å²) in [5, 5.41) is 3.29. The monoisotopic (exact) mass is 441 g/mol. The fraction of sp³-hybridized carbons (Fsp3) is 0.542. The second-order valence-corrected chi connectivity index (χ2v) is 7.95. The Morgan fingerprint density at radius 2 is 1.75 bits per heavy atom. The Balaban J connectivity index is 1.38. The fourth-order valence-corrected chi connectivity index (χ4v) is 4.06. The number of carbonyl (C=O) groups excluding carboxylic acids is 1. The van der Waals surface area contributed by atoms with Crippen LogP contribution in [-0.2, 0) is 4.74 Å². The quantitative estimate of drug-likeness (QED) is 0.444. The number of benzene rings is 1. The number of esters is 1. The Morgan fingerprint density at radius 3 is 2.41 bits per heavy atom. The molecule has 0 spiro atoms. The molecule has 1 N–H and O–H groups in total. The number of piperazine rings is 1. The van der Waals surface area contributed by atoms with Crippen LogP contribution in [0.3, 0.4) is 0 Å². The Hall–Kier alpha value is -2.87. The van der Waals surface area contributed by atoms with Gasteiger partial charge in [0.05, 0.1) is 30.8 Å². The highest BCUT2D eigenvalue weighted by Crippen LogP contribution is 2.28. The summed E-state index contributed by atoms with van der Waals surface area (Å²) in [6.07, 6.45) is 2.15. The van der Waals surface area contributed by atoms with E-state index in [9.17, 15) is 4.79 Å². The smallest absolute Gasteiger partial charge is 0.341 e. The number of para-hydroxylation sites is 2. The zero-order valence-corrected chi connectivity index (χ0v) is 19.7. The molecule has 1 aliphatic rings. The topological polar surface area (TPSA) is 79.8 Å². The third kappa shape index (κ3) is 6.09. The van der Waals surface area contributed by atoms with E-state index in [1.807, 2.05) is 26.0 Å². The summed E-state index contributed by atoms with van der Waals surface area (Å²) in [6, 6.07) is 8.22. The highest BCUT2D eigenvalue weighted by molar-refractivity contribution is 5.91. The number of nitrogens with one attached hydrogen (secondary N) is 1. The van der Waals surface area contributed by atoms with Crippen molar-refractivity contribution in [3.8, 4) is 5.75 Å². The number of unbranched alkanes of at least 4 members (excludes halogenated alkanes) is 1.